The fraction of sp³-hybridized carbons (Fsp3) is 0.438. The minimum atomic E-state index is -0.370. The lowest BCUT2D eigenvalue weighted by atomic mass is 10.1. The van der Waals surface area contributed by atoms with Crippen molar-refractivity contribution in [1.82, 2.24) is 4.90 Å². The highest BCUT2D eigenvalue weighted by molar-refractivity contribution is 5.88. The molecular formula is C16H21NO4. The van der Waals surface area contributed by atoms with Crippen molar-refractivity contribution >= 4 is 5.97 Å². The Kier molecular flexibility index (Phi) is 5.09. The fourth-order valence-electron chi connectivity index (χ4n) is 2.12. The summed E-state index contributed by atoms with van der Waals surface area (Å²) in [5, 5.41) is 0. The predicted molar refractivity (Wildman–Crippen MR) is 78.9 cm³/mol. The molecule has 5 nitrogen and oxygen atoms in total. The highest BCUT2D eigenvalue weighted by Crippen LogP contribution is 2.25. The number of rotatable bonds is 3. The molecule has 0 aromatic rings. The number of carbonyl (C=O) groups is 1. The molecule has 0 radical (unpaired) electrons. The second-order valence-corrected chi connectivity index (χ2v) is 4.81. The molecule has 2 aliphatic rings. The Bertz CT molecular complexity index is 516. The first kappa shape index (κ1) is 15.2. The van der Waals surface area contributed by atoms with Crippen LogP contribution in [0.3, 0.4) is 0 Å². The van der Waals surface area contributed by atoms with Gasteiger partial charge in [-0.1, -0.05) is 18.2 Å². The van der Waals surface area contributed by atoms with E-state index in [0.717, 1.165) is 17.8 Å². The summed E-state index contributed by atoms with van der Waals surface area (Å²) in [6, 6.07) is 0. The normalized spacial score (nSPS) is 28.4. The summed E-state index contributed by atoms with van der Waals surface area (Å²) >= 11 is 0. The van der Waals surface area contributed by atoms with Gasteiger partial charge >= 0.3 is 5.97 Å². The molecule has 2 aliphatic heterocycles. The number of nitrogens with zero attached hydrogens (tertiary/aromatic N) is 1. The second kappa shape index (κ2) is 7.02. The van der Waals surface area contributed by atoms with Crippen LogP contribution in [0.4, 0.5) is 0 Å². The first-order chi connectivity index (χ1) is 10.1. The van der Waals surface area contributed by atoms with E-state index in [9.17, 15) is 4.79 Å². The first-order valence-electron chi connectivity index (χ1n) is 7.07. The predicted octanol–water partition coefficient (Wildman–Crippen LogP) is 2.49. The summed E-state index contributed by atoms with van der Waals surface area (Å²) in [4.78, 5) is 13.6. The van der Waals surface area contributed by atoms with Crippen LogP contribution in [0.5, 0.6) is 0 Å². The Balaban J connectivity index is 2.15. The third-order valence-electron chi connectivity index (χ3n) is 3.25. The third-order valence-corrected chi connectivity index (χ3v) is 3.25. The quantitative estimate of drug-likeness (QED) is 0.748. The molecule has 21 heavy (non-hydrogen) atoms. The molecule has 5 heteroatoms. The van der Waals surface area contributed by atoms with Gasteiger partial charge in [0.1, 0.15) is 6.26 Å². The molecule has 0 aliphatic carbocycles. The van der Waals surface area contributed by atoms with Crippen LogP contribution in [0.1, 0.15) is 20.3 Å². The molecule has 0 bridgehead atoms. The molecule has 0 saturated heterocycles. The van der Waals surface area contributed by atoms with Gasteiger partial charge in [0, 0.05) is 12.6 Å². The summed E-state index contributed by atoms with van der Waals surface area (Å²) in [5.74, 6) is 0.487. The summed E-state index contributed by atoms with van der Waals surface area (Å²) in [6.07, 6.45) is 9.85. The Hall–Kier alpha value is -2.17. The lowest BCUT2D eigenvalue weighted by Gasteiger charge is -2.23. The maximum absolute atomic E-state index is 11.8. The van der Waals surface area contributed by atoms with E-state index in [4.69, 9.17) is 14.2 Å². The van der Waals surface area contributed by atoms with Gasteiger partial charge in [-0.25, -0.2) is 4.79 Å². The van der Waals surface area contributed by atoms with Crippen molar-refractivity contribution in [2.75, 3.05) is 20.3 Å². The Morgan fingerprint density at radius 2 is 2.29 bits per heavy atom. The van der Waals surface area contributed by atoms with E-state index in [0.29, 0.717) is 18.9 Å². The minimum Gasteiger partial charge on any atom is -0.498 e. The van der Waals surface area contributed by atoms with Gasteiger partial charge in [-0.2, -0.15) is 0 Å². The number of carbonyl (C=O) groups excluding carboxylic acids is 1. The molecule has 1 unspecified atom stereocenters. The van der Waals surface area contributed by atoms with Crippen molar-refractivity contribution in [2.45, 2.75) is 26.5 Å². The molecule has 1 atom stereocenters. The highest BCUT2D eigenvalue weighted by Gasteiger charge is 2.31. The summed E-state index contributed by atoms with van der Waals surface area (Å²) in [6.45, 7) is 4.70. The molecule has 0 fully saturated rings. The largest absolute Gasteiger partial charge is 0.498 e. The first-order valence-corrected chi connectivity index (χ1v) is 7.07. The number of esters is 1. The van der Waals surface area contributed by atoms with Gasteiger partial charge in [0.05, 0.1) is 19.0 Å². The van der Waals surface area contributed by atoms with E-state index in [1.165, 1.54) is 6.26 Å². The van der Waals surface area contributed by atoms with Crippen LogP contribution in [0.15, 0.2) is 47.6 Å². The average molecular weight is 291 g/mol. The molecule has 0 spiro atoms. The van der Waals surface area contributed by atoms with Gasteiger partial charge in [0.2, 0.25) is 0 Å². The maximum Gasteiger partial charge on any atom is 0.357 e. The van der Waals surface area contributed by atoms with Crippen molar-refractivity contribution in [3.8, 4) is 0 Å². The summed E-state index contributed by atoms with van der Waals surface area (Å²) < 4.78 is 16.2. The molecule has 0 saturated carbocycles. The molecule has 0 N–H and O–H groups in total. The monoisotopic (exact) mass is 291 g/mol. The molecule has 2 heterocycles. The molecule has 0 amide bonds. The zero-order valence-corrected chi connectivity index (χ0v) is 12.7. The van der Waals surface area contributed by atoms with E-state index in [1.807, 2.05) is 38.3 Å². The lowest BCUT2D eigenvalue weighted by Crippen LogP contribution is -2.31. The van der Waals surface area contributed by atoms with Gasteiger partial charge in [-0.3, -0.25) is 0 Å². The Morgan fingerprint density at radius 3 is 3.05 bits per heavy atom. The molecule has 0 aromatic carbocycles. The van der Waals surface area contributed by atoms with Crippen LogP contribution in [0.25, 0.3) is 0 Å². The van der Waals surface area contributed by atoms with Gasteiger partial charge in [-0.05, 0) is 26.3 Å². The number of hydrogen-bond donors (Lipinski definition) is 0. The molecule has 0 aromatic heterocycles. The second-order valence-electron chi connectivity index (χ2n) is 4.81. The van der Waals surface area contributed by atoms with Gasteiger partial charge < -0.3 is 19.1 Å². The van der Waals surface area contributed by atoms with Crippen LogP contribution < -0.4 is 0 Å². The summed E-state index contributed by atoms with van der Waals surface area (Å²) in [5.41, 5.74) is 1.38. The van der Waals surface area contributed by atoms with Crippen molar-refractivity contribution in [3.63, 3.8) is 0 Å². The number of likely N-dealkylation sites (N-methyl/N-ethyl adjacent to an activating group) is 1. The fourth-order valence-corrected chi connectivity index (χ4v) is 2.12. The van der Waals surface area contributed by atoms with Gasteiger partial charge in [-0.15, -0.1) is 0 Å². The van der Waals surface area contributed by atoms with Gasteiger partial charge in [0.25, 0.3) is 0 Å². The smallest absolute Gasteiger partial charge is 0.357 e. The maximum atomic E-state index is 11.8. The van der Waals surface area contributed by atoms with Crippen molar-refractivity contribution in [2.24, 2.45) is 0 Å². The van der Waals surface area contributed by atoms with Crippen LogP contribution in [-0.2, 0) is 19.0 Å². The van der Waals surface area contributed by atoms with E-state index < -0.39 is 0 Å². The molecule has 114 valence electrons. The van der Waals surface area contributed by atoms with Crippen molar-refractivity contribution in [1.29, 1.82) is 0 Å². The Morgan fingerprint density at radius 1 is 1.48 bits per heavy atom. The SMILES string of the molecule is CCOC(=O)C1=COC(C2=C/C=C(\C)OCC\C=C\2)N1C. The standard InChI is InChI=1S/C16H21NO4/c1-4-19-16(18)14-11-21-15(17(14)3)13-7-5-6-10-20-12(2)8-9-13/h5,7-9,11,15H,4,6,10H2,1-3H3/b7-5+,12-8+,13-9+. The van der Waals surface area contributed by atoms with Crippen LogP contribution in [0, 0.1) is 0 Å². The molecular weight excluding hydrogens is 270 g/mol. The zero-order valence-electron chi connectivity index (χ0n) is 12.7. The molecule has 2 rings (SSSR count). The van der Waals surface area contributed by atoms with Crippen molar-refractivity contribution < 1.29 is 19.0 Å². The van der Waals surface area contributed by atoms with E-state index in [1.54, 1.807) is 11.8 Å². The van der Waals surface area contributed by atoms with Crippen molar-refractivity contribution in [3.05, 3.63) is 47.6 Å². The lowest BCUT2D eigenvalue weighted by molar-refractivity contribution is -0.140. The zero-order chi connectivity index (χ0) is 15.2. The number of hydrogen-bond acceptors (Lipinski definition) is 5. The summed E-state index contributed by atoms with van der Waals surface area (Å²) in [7, 11) is 1.81. The topological polar surface area (TPSA) is 48.0 Å². The van der Waals surface area contributed by atoms with E-state index in [-0.39, 0.29) is 12.2 Å². The third kappa shape index (κ3) is 3.68. The number of allylic oxidation sites excluding steroid dienone is 3. The highest BCUT2D eigenvalue weighted by atomic mass is 16.5. The Labute approximate surface area is 125 Å². The number of ether oxygens (including phenoxy) is 3. The van der Waals surface area contributed by atoms with E-state index in [2.05, 4.69) is 0 Å². The average Bonchev–Trinajstić information content (AvgIpc) is 2.87. The van der Waals surface area contributed by atoms with E-state index >= 15 is 0 Å². The van der Waals surface area contributed by atoms with Crippen LogP contribution >= 0.6 is 0 Å². The van der Waals surface area contributed by atoms with Crippen LogP contribution in [-0.4, -0.2) is 37.4 Å². The minimum absolute atomic E-state index is 0.331. The van der Waals surface area contributed by atoms with Crippen LogP contribution in [0.2, 0.25) is 0 Å². The van der Waals surface area contributed by atoms with Gasteiger partial charge in [0.15, 0.2) is 11.9 Å².